The van der Waals surface area contributed by atoms with Crippen molar-refractivity contribution in [2.75, 3.05) is 18.4 Å². The van der Waals surface area contributed by atoms with Gasteiger partial charge in [-0.3, -0.25) is 23.5 Å². The number of rotatable bonds is 7. The van der Waals surface area contributed by atoms with Crippen LogP contribution in [0.1, 0.15) is 25.0 Å². The Morgan fingerprint density at radius 3 is 2.47 bits per heavy atom. The molecule has 0 radical (unpaired) electrons. The molecule has 2 heterocycles. The van der Waals surface area contributed by atoms with E-state index in [2.05, 4.69) is 10.6 Å². The summed E-state index contributed by atoms with van der Waals surface area (Å²) in [7, 11) is 0. The summed E-state index contributed by atoms with van der Waals surface area (Å²) in [6.45, 7) is 4.94. The Balaban J connectivity index is 1.55. The maximum atomic E-state index is 13.1. The summed E-state index contributed by atoms with van der Waals surface area (Å²) in [5.74, 6) is -1.53. The number of halogens is 1. The number of aromatic nitrogens is 2. The molecule has 3 aromatic rings. The smallest absolute Gasteiger partial charge is 0.326 e. The van der Waals surface area contributed by atoms with Crippen LogP contribution in [0.2, 0.25) is 5.02 Å². The number of carbonyl (C=O) groups excluding carboxylic acids is 2. The fourth-order valence-electron chi connectivity index (χ4n) is 4.70. The lowest BCUT2D eigenvalue weighted by Crippen LogP contribution is -2.39. The Morgan fingerprint density at radius 1 is 1.08 bits per heavy atom. The van der Waals surface area contributed by atoms with Gasteiger partial charge in [0.15, 0.2) is 0 Å². The molecule has 186 valence electrons. The Morgan fingerprint density at radius 2 is 1.81 bits per heavy atom. The molecular weight excluding hydrogens is 482 g/mol. The summed E-state index contributed by atoms with van der Waals surface area (Å²) in [4.78, 5) is 51.6. The maximum Gasteiger partial charge on any atom is 0.331 e. The second-order valence-corrected chi connectivity index (χ2v) is 9.14. The van der Waals surface area contributed by atoms with E-state index >= 15 is 0 Å². The molecular formula is C26H26ClN5O4. The van der Waals surface area contributed by atoms with Crippen LogP contribution in [0.3, 0.4) is 0 Å². The summed E-state index contributed by atoms with van der Waals surface area (Å²) in [6.07, 6.45) is 0.0998. The Bertz CT molecular complexity index is 1520. The lowest BCUT2D eigenvalue weighted by atomic mass is 9.88. The number of hydrogen-bond acceptors (Lipinski definition) is 6. The number of amides is 1. The topological polar surface area (TPSA) is 126 Å². The number of nitrogens with zero attached hydrogens (tertiary/aromatic N) is 3. The van der Waals surface area contributed by atoms with Gasteiger partial charge in [-0.1, -0.05) is 17.7 Å². The molecule has 2 N–H and O–H groups in total. The van der Waals surface area contributed by atoms with Gasteiger partial charge in [0, 0.05) is 44.2 Å². The Hall–Kier alpha value is -3.74. The van der Waals surface area contributed by atoms with Crippen molar-refractivity contribution in [2.24, 2.45) is 11.8 Å². The van der Waals surface area contributed by atoms with Crippen LogP contribution in [-0.4, -0.2) is 33.9 Å². The van der Waals surface area contributed by atoms with E-state index in [9.17, 15) is 19.2 Å². The third-order valence-electron chi connectivity index (χ3n) is 6.62. The summed E-state index contributed by atoms with van der Waals surface area (Å²) in [6, 6.07) is 11.7. The summed E-state index contributed by atoms with van der Waals surface area (Å²) < 4.78 is 2.69. The predicted molar refractivity (Wildman–Crippen MR) is 137 cm³/mol. The van der Waals surface area contributed by atoms with Crippen LogP contribution in [0, 0.1) is 23.2 Å². The van der Waals surface area contributed by atoms with Crippen molar-refractivity contribution >= 4 is 39.9 Å². The molecule has 1 amide bonds. The predicted octanol–water partition coefficient (Wildman–Crippen LogP) is 2.31. The number of hydrogen-bond donors (Lipinski definition) is 2. The van der Waals surface area contributed by atoms with Gasteiger partial charge < -0.3 is 10.6 Å². The number of fused-ring (bicyclic) bond motifs is 1. The zero-order valence-corrected chi connectivity index (χ0v) is 20.8. The van der Waals surface area contributed by atoms with Crippen LogP contribution in [0.15, 0.2) is 46.0 Å². The monoisotopic (exact) mass is 507 g/mol. The van der Waals surface area contributed by atoms with Gasteiger partial charge in [0.2, 0.25) is 5.91 Å². The highest BCUT2D eigenvalue weighted by molar-refractivity contribution is 6.31. The first-order valence-electron chi connectivity index (χ1n) is 11.8. The van der Waals surface area contributed by atoms with Gasteiger partial charge in [0.25, 0.3) is 5.56 Å². The van der Waals surface area contributed by atoms with E-state index in [0.717, 1.165) is 0 Å². The number of Topliss-reactive ketones (excluding diaryl/α,β-unsaturated/α-hetero) is 1. The van der Waals surface area contributed by atoms with E-state index in [1.807, 2.05) is 13.0 Å². The SMILES string of the molecule is CCn1c(=O)c2cc(NC(=O)[C@@H]3CNC[C@H]3C(=O)Cc3ccc(C#N)c(Cl)c3)ccc2n(CC)c1=O. The average Bonchev–Trinajstić information content (AvgIpc) is 3.36. The molecule has 10 heteroatoms. The highest BCUT2D eigenvalue weighted by Gasteiger charge is 2.37. The van der Waals surface area contributed by atoms with Crippen molar-refractivity contribution in [3.63, 3.8) is 0 Å². The number of nitrogens with one attached hydrogen (secondary N) is 2. The first-order valence-corrected chi connectivity index (χ1v) is 12.2. The molecule has 1 aliphatic rings. The van der Waals surface area contributed by atoms with Gasteiger partial charge in [-0.25, -0.2) is 4.79 Å². The largest absolute Gasteiger partial charge is 0.331 e. The maximum absolute atomic E-state index is 13.1. The van der Waals surface area contributed by atoms with E-state index in [-0.39, 0.29) is 35.4 Å². The Labute approximate surface area is 212 Å². The van der Waals surface area contributed by atoms with Crippen LogP contribution in [-0.2, 0) is 29.1 Å². The first-order chi connectivity index (χ1) is 17.3. The normalized spacial score (nSPS) is 17.2. The molecule has 0 unspecified atom stereocenters. The minimum absolute atomic E-state index is 0.0998. The van der Waals surface area contributed by atoms with Gasteiger partial charge in [0.1, 0.15) is 11.9 Å². The number of ketones is 1. The summed E-state index contributed by atoms with van der Waals surface area (Å²) in [5, 5.41) is 15.6. The third-order valence-corrected chi connectivity index (χ3v) is 6.93. The quantitative estimate of drug-likeness (QED) is 0.505. The van der Waals surface area contributed by atoms with Gasteiger partial charge in [-0.05, 0) is 49.7 Å². The van der Waals surface area contributed by atoms with Crippen molar-refractivity contribution < 1.29 is 9.59 Å². The molecule has 0 bridgehead atoms. The zero-order valence-electron chi connectivity index (χ0n) is 20.0. The van der Waals surface area contributed by atoms with Gasteiger partial charge in [-0.2, -0.15) is 5.26 Å². The zero-order chi connectivity index (χ0) is 26.0. The molecule has 1 saturated heterocycles. The number of anilines is 1. The van der Waals surface area contributed by atoms with Crippen molar-refractivity contribution in [1.82, 2.24) is 14.5 Å². The molecule has 9 nitrogen and oxygen atoms in total. The van der Waals surface area contributed by atoms with Crippen LogP contribution >= 0.6 is 11.6 Å². The molecule has 2 atom stereocenters. The fraction of sp³-hybridized carbons (Fsp3) is 0.346. The first kappa shape index (κ1) is 25.4. The van der Waals surface area contributed by atoms with Crippen LogP contribution < -0.4 is 21.9 Å². The minimum Gasteiger partial charge on any atom is -0.326 e. The Kier molecular flexibility index (Phi) is 7.38. The minimum atomic E-state index is -0.584. The third kappa shape index (κ3) is 4.70. The van der Waals surface area contributed by atoms with Crippen LogP contribution in [0.25, 0.3) is 10.9 Å². The lowest BCUT2D eigenvalue weighted by molar-refractivity contribution is -0.128. The van der Waals surface area contributed by atoms with Crippen molar-refractivity contribution in [1.29, 1.82) is 5.26 Å². The van der Waals surface area contributed by atoms with E-state index in [1.54, 1.807) is 43.3 Å². The molecule has 1 aliphatic heterocycles. The van der Waals surface area contributed by atoms with Gasteiger partial charge in [-0.15, -0.1) is 0 Å². The van der Waals surface area contributed by atoms with E-state index in [0.29, 0.717) is 47.4 Å². The fourth-order valence-corrected chi connectivity index (χ4v) is 4.95. The van der Waals surface area contributed by atoms with E-state index in [4.69, 9.17) is 16.9 Å². The van der Waals surface area contributed by atoms with Crippen molar-refractivity contribution in [3.8, 4) is 6.07 Å². The summed E-state index contributed by atoms with van der Waals surface area (Å²) >= 11 is 6.09. The van der Waals surface area contributed by atoms with Crippen LogP contribution in [0.5, 0.6) is 0 Å². The average molecular weight is 508 g/mol. The molecule has 0 aliphatic carbocycles. The van der Waals surface area contributed by atoms with Crippen LogP contribution in [0.4, 0.5) is 5.69 Å². The number of carbonyl (C=O) groups is 2. The molecule has 4 rings (SSSR count). The molecule has 0 saturated carbocycles. The van der Waals surface area contributed by atoms with E-state index in [1.165, 1.54) is 9.13 Å². The second kappa shape index (κ2) is 10.5. The lowest BCUT2D eigenvalue weighted by Gasteiger charge is -2.18. The second-order valence-electron chi connectivity index (χ2n) is 8.74. The van der Waals surface area contributed by atoms with Crippen molar-refractivity contribution in [3.05, 3.63) is 73.4 Å². The van der Waals surface area contributed by atoms with Gasteiger partial charge in [0.05, 0.1) is 27.4 Å². The highest BCUT2D eigenvalue weighted by Crippen LogP contribution is 2.24. The summed E-state index contributed by atoms with van der Waals surface area (Å²) in [5.41, 5.74) is 1.17. The standard InChI is InChI=1S/C26H26ClN5O4/c1-3-31-22-8-7-17(11-18(22)25(35)32(4-2)26(31)36)30-24(34)20-14-29-13-19(20)23(33)10-15-5-6-16(12-28)21(27)9-15/h5-9,11,19-20,29H,3-4,10,13-14H2,1-2H3,(H,30,34)/t19-,20-/m1/s1. The molecule has 1 fully saturated rings. The molecule has 1 aromatic heterocycles. The molecule has 0 spiro atoms. The highest BCUT2D eigenvalue weighted by atomic mass is 35.5. The van der Waals surface area contributed by atoms with E-state index < -0.39 is 17.4 Å². The van der Waals surface area contributed by atoms with Crippen molar-refractivity contribution in [2.45, 2.75) is 33.4 Å². The van der Waals surface area contributed by atoms with Gasteiger partial charge >= 0.3 is 5.69 Å². The number of aryl methyl sites for hydroxylation is 1. The molecule has 2 aromatic carbocycles. The number of nitriles is 1. The molecule has 36 heavy (non-hydrogen) atoms. The number of benzene rings is 2.